The topological polar surface area (TPSA) is 63.6 Å². The molecule has 1 aromatic rings. The van der Waals surface area contributed by atoms with Crippen LogP contribution in [-0.4, -0.2) is 38.3 Å². The SMILES string of the molecule is CS(=O)(=O)c1cc(CCOCCBr)ccc1O. The van der Waals surface area contributed by atoms with Crippen LogP contribution in [0.2, 0.25) is 0 Å². The van der Waals surface area contributed by atoms with Gasteiger partial charge in [-0.15, -0.1) is 0 Å². The molecule has 0 aromatic heterocycles. The van der Waals surface area contributed by atoms with Crippen LogP contribution in [0.25, 0.3) is 0 Å². The van der Waals surface area contributed by atoms with E-state index in [9.17, 15) is 13.5 Å². The van der Waals surface area contributed by atoms with E-state index in [2.05, 4.69) is 15.9 Å². The first kappa shape index (κ1) is 14.5. The summed E-state index contributed by atoms with van der Waals surface area (Å²) in [5, 5.41) is 10.2. The lowest BCUT2D eigenvalue weighted by Crippen LogP contribution is -2.03. The first-order valence-electron chi connectivity index (χ1n) is 5.11. The first-order chi connectivity index (χ1) is 7.95. The molecule has 6 heteroatoms. The van der Waals surface area contributed by atoms with Crippen LogP contribution in [0.4, 0.5) is 0 Å². The maximum atomic E-state index is 11.4. The minimum Gasteiger partial charge on any atom is -0.507 e. The average molecular weight is 323 g/mol. The molecule has 0 saturated carbocycles. The van der Waals surface area contributed by atoms with E-state index in [-0.39, 0.29) is 10.6 Å². The van der Waals surface area contributed by atoms with Crippen molar-refractivity contribution in [1.82, 2.24) is 0 Å². The Morgan fingerprint density at radius 2 is 2.06 bits per heavy atom. The van der Waals surface area contributed by atoms with E-state index in [0.29, 0.717) is 19.6 Å². The van der Waals surface area contributed by atoms with Crippen molar-refractivity contribution in [3.05, 3.63) is 23.8 Å². The van der Waals surface area contributed by atoms with Crippen molar-refractivity contribution in [2.24, 2.45) is 0 Å². The van der Waals surface area contributed by atoms with E-state index in [1.165, 1.54) is 12.1 Å². The minimum atomic E-state index is -3.39. The van der Waals surface area contributed by atoms with Crippen molar-refractivity contribution < 1.29 is 18.3 Å². The highest BCUT2D eigenvalue weighted by Crippen LogP contribution is 2.23. The van der Waals surface area contributed by atoms with Gasteiger partial charge in [0, 0.05) is 11.6 Å². The summed E-state index contributed by atoms with van der Waals surface area (Å²) in [5.74, 6) is -0.211. The van der Waals surface area contributed by atoms with Gasteiger partial charge in [-0.1, -0.05) is 22.0 Å². The largest absolute Gasteiger partial charge is 0.507 e. The van der Waals surface area contributed by atoms with Crippen LogP contribution in [0.5, 0.6) is 5.75 Å². The molecular weight excluding hydrogens is 308 g/mol. The number of sulfone groups is 1. The summed E-state index contributed by atoms with van der Waals surface area (Å²) < 4.78 is 28.1. The second kappa shape index (κ2) is 6.37. The quantitative estimate of drug-likeness (QED) is 0.640. The molecule has 0 amide bonds. The molecule has 0 saturated heterocycles. The summed E-state index contributed by atoms with van der Waals surface area (Å²) in [5.41, 5.74) is 0.831. The Balaban J connectivity index is 2.76. The third kappa shape index (κ3) is 4.65. The fourth-order valence-corrected chi connectivity index (χ4v) is 2.40. The number of rotatable bonds is 6. The summed E-state index contributed by atoms with van der Waals surface area (Å²) in [4.78, 5) is -0.0320. The van der Waals surface area contributed by atoms with Gasteiger partial charge in [0.1, 0.15) is 10.6 Å². The van der Waals surface area contributed by atoms with Gasteiger partial charge in [0.2, 0.25) is 0 Å². The summed E-state index contributed by atoms with van der Waals surface area (Å²) >= 11 is 3.25. The van der Waals surface area contributed by atoms with Gasteiger partial charge in [0.25, 0.3) is 0 Å². The van der Waals surface area contributed by atoms with Crippen molar-refractivity contribution in [3.8, 4) is 5.75 Å². The molecule has 0 heterocycles. The maximum absolute atomic E-state index is 11.4. The van der Waals surface area contributed by atoms with E-state index in [4.69, 9.17) is 4.74 Å². The maximum Gasteiger partial charge on any atom is 0.179 e. The zero-order valence-electron chi connectivity index (χ0n) is 9.52. The molecule has 1 N–H and O–H groups in total. The molecule has 0 aliphatic heterocycles. The normalized spacial score (nSPS) is 11.6. The second-order valence-electron chi connectivity index (χ2n) is 3.63. The molecule has 17 heavy (non-hydrogen) atoms. The molecular formula is C11H15BrO4S. The van der Waals surface area contributed by atoms with E-state index >= 15 is 0 Å². The Hall–Kier alpha value is -0.590. The predicted molar refractivity (Wildman–Crippen MR) is 69.5 cm³/mol. The van der Waals surface area contributed by atoms with Gasteiger partial charge in [-0.3, -0.25) is 0 Å². The van der Waals surface area contributed by atoms with Crippen molar-refractivity contribution in [3.63, 3.8) is 0 Å². The van der Waals surface area contributed by atoms with Crippen LogP contribution in [0.15, 0.2) is 23.1 Å². The van der Waals surface area contributed by atoms with Crippen LogP contribution >= 0.6 is 15.9 Å². The number of phenols is 1. The van der Waals surface area contributed by atoms with E-state index in [1.807, 2.05) is 0 Å². The summed E-state index contributed by atoms with van der Waals surface area (Å²) in [6, 6.07) is 4.58. The first-order valence-corrected chi connectivity index (χ1v) is 8.12. The standard InChI is InChI=1S/C11H15BrO4S/c1-17(14,15)11-8-9(2-3-10(11)13)4-6-16-7-5-12/h2-3,8,13H,4-7H2,1H3. The lowest BCUT2D eigenvalue weighted by atomic mass is 10.1. The fourth-order valence-electron chi connectivity index (χ4n) is 1.36. The minimum absolute atomic E-state index is 0.0320. The van der Waals surface area contributed by atoms with Crippen LogP contribution in [0.1, 0.15) is 5.56 Å². The molecule has 0 radical (unpaired) electrons. The lowest BCUT2D eigenvalue weighted by molar-refractivity contribution is 0.154. The Kier molecular flexibility index (Phi) is 5.42. The van der Waals surface area contributed by atoms with E-state index in [1.54, 1.807) is 6.07 Å². The number of benzene rings is 1. The Bertz CT molecular complexity index is 470. The molecule has 0 atom stereocenters. The molecule has 96 valence electrons. The number of phenolic OH excluding ortho intramolecular Hbond substituents is 1. The molecule has 0 fully saturated rings. The van der Waals surface area contributed by atoms with Crippen molar-refractivity contribution >= 4 is 25.8 Å². The van der Waals surface area contributed by atoms with Crippen molar-refractivity contribution in [2.45, 2.75) is 11.3 Å². The number of halogens is 1. The Labute approximate surface area is 110 Å². The lowest BCUT2D eigenvalue weighted by Gasteiger charge is -2.06. The zero-order chi connectivity index (χ0) is 12.9. The molecule has 0 spiro atoms. The van der Waals surface area contributed by atoms with E-state index in [0.717, 1.165) is 17.1 Å². The van der Waals surface area contributed by atoms with Crippen LogP contribution in [0, 0.1) is 0 Å². The smallest absolute Gasteiger partial charge is 0.179 e. The Morgan fingerprint density at radius 3 is 2.65 bits per heavy atom. The molecule has 0 bridgehead atoms. The number of hydrogen-bond donors (Lipinski definition) is 1. The van der Waals surface area contributed by atoms with Gasteiger partial charge in [-0.2, -0.15) is 0 Å². The summed E-state index contributed by atoms with van der Waals surface area (Å²) in [7, 11) is -3.39. The van der Waals surface area contributed by atoms with Crippen molar-refractivity contribution in [2.75, 3.05) is 24.8 Å². The fraction of sp³-hybridized carbons (Fsp3) is 0.455. The van der Waals surface area contributed by atoms with Crippen LogP contribution in [-0.2, 0) is 21.0 Å². The van der Waals surface area contributed by atoms with Gasteiger partial charge in [0.05, 0.1) is 13.2 Å². The molecule has 0 unspecified atom stereocenters. The van der Waals surface area contributed by atoms with Gasteiger partial charge in [-0.05, 0) is 24.1 Å². The highest BCUT2D eigenvalue weighted by atomic mass is 79.9. The highest BCUT2D eigenvalue weighted by Gasteiger charge is 2.13. The van der Waals surface area contributed by atoms with Crippen molar-refractivity contribution in [1.29, 1.82) is 0 Å². The number of hydrogen-bond acceptors (Lipinski definition) is 4. The Morgan fingerprint density at radius 1 is 1.35 bits per heavy atom. The third-order valence-electron chi connectivity index (χ3n) is 2.18. The average Bonchev–Trinajstić information content (AvgIpc) is 2.25. The van der Waals surface area contributed by atoms with Gasteiger partial charge < -0.3 is 9.84 Å². The molecule has 4 nitrogen and oxygen atoms in total. The van der Waals surface area contributed by atoms with Gasteiger partial charge >= 0.3 is 0 Å². The monoisotopic (exact) mass is 322 g/mol. The summed E-state index contributed by atoms with van der Waals surface area (Å²) in [6.45, 7) is 1.15. The van der Waals surface area contributed by atoms with Gasteiger partial charge in [-0.25, -0.2) is 8.42 Å². The molecule has 1 rings (SSSR count). The molecule has 1 aromatic carbocycles. The second-order valence-corrected chi connectivity index (χ2v) is 6.40. The third-order valence-corrected chi connectivity index (χ3v) is 3.63. The molecule has 0 aliphatic rings. The zero-order valence-corrected chi connectivity index (χ0v) is 11.9. The van der Waals surface area contributed by atoms with Crippen LogP contribution < -0.4 is 0 Å². The number of alkyl halides is 1. The highest BCUT2D eigenvalue weighted by molar-refractivity contribution is 9.09. The van der Waals surface area contributed by atoms with Gasteiger partial charge in [0.15, 0.2) is 9.84 Å². The van der Waals surface area contributed by atoms with E-state index < -0.39 is 9.84 Å². The predicted octanol–water partition coefficient (Wildman–Crippen LogP) is 1.75. The number of aromatic hydroxyl groups is 1. The summed E-state index contributed by atoms with van der Waals surface area (Å²) in [6.07, 6.45) is 1.70. The van der Waals surface area contributed by atoms with Crippen LogP contribution in [0.3, 0.4) is 0 Å². The number of ether oxygens (including phenoxy) is 1. The molecule has 0 aliphatic carbocycles.